The van der Waals surface area contributed by atoms with Crippen LogP contribution in [0.15, 0.2) is 70.0 Å². The highest BCUT2D eigenvalue weighted by atomic mass is 79.9. The van der Waals surface area contributed by atoms with Gasteiger partial charge in [-0.2, -0.15) is 0 Å². The summed E-state index contributed by atoms with van der Waals surface area (Å²) < 4.78 is 29.2. The second-order valence-electron chi connectivity index (χ2n) is 7.63. The van der Waals surface area contributed by atoms with E-state index in [1.165, 1.54) is 4.31 Å². The zero-order valence-electron chi connectivity index (χ0n) is 17.9. The quantitative estimate of drug-likeness (QED) is 0.484. The fraction of sp³-hybridized carbons (Fsp3) is 0.208. The van der Waals surface area contributed by atoms with Crippen LogP contribution in [-0.2, 0) is 14.8 Å². The zero-order chi connectivity index (χ0) is 22.8. The minimum atomic E-state index is -3.95. The molecule has 0 bridgehead atoms. The summed E-state index contributed by atoms with van der Waals surface area (Å²) in [5, 5.41) is 2.81. The lowest BCUT2D eigenvalue weighted by Crippen LogP contribution is -2.38. The number of nitrogens with one attached hydrogen (secondary N) is 1. The Morgan fingerprint density at radius 2 is 1.52 bits per heavy atom. The van der Waals surface area contributed by atoms with Crippen LogP contribution in [0, 0.1) is 27.7 Å². The van der Waals surface area contributed by atoms with E-state index in [-0.39, 0.29) is 11.4 Å². The summed E-state index contributed by atoms with van der Waals surface area (Å²) in [6.07, 6.45) is 0. The third-order valence-corrected chi connectivity index (χ3v) is 7.63. The van der Waals surface area contributed by atoms with Gasteiger partial charge in [0.25, 0.3) is 10.0 Å². The van der Waals surface area contributed by atoms with Gasteiger partial charge in [-0.05, 0) is 80.8 Å². The van der Waals surface area contributed by atoms with Crippen LogP contribution in [-0.4, -0.2) is 20.9 Å². The van der Waals surface area contributed by atoms with Gasteiger partial charge in [0.2, 0.25) is 5.91 Å². The van der Waals surface area contributed by atoms with Gasteiger partial charge >= 0.3 is 0 Å². The van der Waals surface area contributed by atoms with E-state index < -0.39 is 15.9 Å². The number of benzene rings is 3. The van der Waals surface area contributed by atoms with E-state index in [4.69, 9.17) is 0 Å². The molecule has 0 aromatic heterocycles. The summed E-state index contributed by atoms with van der Waals surface area (Å²) in [6.45, 7) is 7.21. The molecule has 162 valence electrons. The van der Waals surface area contributed by atoms with Crippen molar-refractivity contribution < 1.29 is 13.2 Å². The zero-order valence-corrected chi connectivity index (χ0v) is 20.3. The number of sulfonamides is 1. The van der Waals surface area contributed by atoms with Crippen LogP contribution in [0.3, 0.4) is 0 Å². The molecule has 31 heavy (non-hydrogen) atoms. The van der Waals surface area contributed by atoms with Gasteiger partial charge in [0, 0.05) is 10.2 Å². The number of aryl methyl sites for hydroxylation is 4. The van der Waals surface area contributed by atoms with Gasteiger partial charge in [-0.25, -0.2) is 8.42 Å². The van der Waals surface area contributed by atoms with Crippen molar-refractivity contribution in [1.29, 1.82) is 0 Å². The molecule has 3 rings (SSSR count). The predicted molar refractivity (Wildman–Crippen MR) is 129 cm³/mol. The van der Waals surface area contributed by atoms with Crippen LogP contribution < -0.4 is 9.62 Å². The predicted octanol–water partition coefficient (Wildman–Crippen LogP) is 5.52. The second-order valence-corrected chi connectivity index (χ2v) is 10.3. The molecule has 0 atom stereocenters. The number of amides is 1. The number of halogens is 1. The van der Waals surface area contributed by atoms with Crippen molar-refractivity contribution in [2.75, 3.05) is 16.2 Å². The van der Waals surface area contributed by atoms with Crippen LogP contribution in [0.2, 0.25) is 0 Å². The summed E-state index contributed by atoms with van der Waals surface area (Å²) in [5.74, 6) is -0.418. The van der Waals surface area contributed by atoms with Crippen LogP contribution in [0.4, 0.5) is 11.4 Å². The fourth-order valence-corrected chi connectivity index (χ4v) is 4.90. The van der Waals surface area contributed by atoms with Gasteiger partial charge in [-0.15, -0.1) is 0 Å². The van der Waals surface area contributed by atoms with E-state index in [1.54, 1.807) is 36.4 Å². The molecule has 0 spiro atoms. The lowest BCUT2D eigenvalue weighted by Gasteiger charge is -2.26. The Kier molecular flexibility index (Phi) is 6.86. The number of carbonyl (C=O) groups is 1. The van der Waals surface area contributed by atoms with Crippen molar-refractivity contribution in [3.8, 4) is 0 Å². The number of anilines is 2. The minimum Gasteiger partial charge on any atom is -0.325 e. The summed E-state index contributed by atoms with van der Waals surface area (Å²) in [4.78, 5) is 13.0. The molecule has 0 radical (unpaired) electrons. The molecule has 3 aromatic rings. The molecule has 0 saturated heterocycles. The number of carbonyl (C=O) groups excluding carboxylic acids is 1. The Labute approximate surface area is 192 Å². The van der Waals surface area contributed by atoms with E-state index in [1.807, 2.05) is 52.0 Å². The van der Waals surface area contributed by atoms with Crippen molar-refractivity contribution >= 4 is 43.2 Å². The summed E-state index contributed by atoms with van der Waals surface area (Å²) in [7, 11) is -3.95. The SMILES string of the molecule is Cc1ccc(S(=O)(=O)N(CC(=O)Nc2ccc(Br)c(C)c2)c2cc(C)ccc2C)cc1. The van der Waals surface area contributed by atoms with Crippen molar-refractivity contribution in [3.05, 3.63) is 87.4 Å². The van der Waals surface area contributed by atoms with Crippen LogP contribution in [0.1, 0.15) is 22.3 Å². The molecule has 0 unspecified atom stereocenters. The van der Waals surface area contributed by atoms with E-state index in [0.29, 0.717) is 11.4 Å². The molecule has 0 fully saturated rings. The topological polar surface area (TPSA) is 66.5 Å². The first kappa shape index (κ1) is 23.0. The van der Waals surface area contributed by atoms with Crippen LogP contribution in [0.25, 0.3) is 0 Å². The van der Waals surface area contributed by atoms with Gasteiger partial charge in [-0.3, -0.25) is 9.10 Å². The molecule has 0 aliphatic rings. The van der Waals surface area contributed by atoms with E-state index in [0.717, 1.165) is 26.7 Å². The van der Waals surface area contributed by atoms with Gasteiger partial charge in [0.1, 0.15) is 6.54 Å². The minimum absolute atomic E-state index is 0.145. The fourth-order valence-electron chi connectivity index (χ4n) is 3.18. The van der Waals surface area contributed by atoms with Crippen LogP contribution >= 0.6 is 15.9 Å². The molecule has 1 amide bonds. The lowest BCUT2D eigenvalue weighted by molar-refractivity contribution is -0.114. The first-order chi connectivity index (χ1) is 14.6. The number of hydrogen-bond acceptors (Lipinski definition) is 3. The molecule has 5 nitrogen and oxygen atoms in total. The highest BCUT2D eigenvalue weighted by Gasteiger charge is 2.28. The Hall–Kier alpha value is -2.64. The van der Waals surface area contributed by atoms with Crippen molar-refractivity contribution in [2.45, 2.75) is 32.6 Å². The monoisotopic (exact) mass is 500 g/mol. The summed E-state index contributed by atoms with van der Waals surface area (Å²) in [6, 6.07) is 17.6. The average Bonchev–Trinajstić information content (AvgIpc) is 2.71. The maximum absolute atomic E-state index is 13.5. The van der Waals surface area contributed by atoms with E-state index >= 15 is 0 Å². The third kappa shape index (κ3) is 5.35. The van der Waals surface area contributed by atoms with Gasteiger partial charge < -0.3 is 5.32 Å². The number of hydrogen-bond donors (Lipinski definition) is 1. The maximum atomic E-state index is 13.5. The highest BCUT2D eigenvalue weighted by molar-refractivity contribution is 9.10. The molecule has 0 aliphatic carbocycles. The van der Waals surface area contributed by atoms with Gasteiger partial charge in [0.05, 0.1) is 10.6 Å². The first-order valence-corrected chi connectivity index (χ1v) is 12.0. The van der Waals surface area contributed by atoms with Crippen molar-refractivity contribution in [1.82, 2.24) is 0 Å². The molecule has 0 heterocycles. The molecule has 7 heteroatoms. The Bertz CT molecular complexity index is 1220. The Morgan fingerprint density at radius 3 is 2.16 bits per heavy atom. The smallest absolute Gasteiger partial charge is 0.264 e. The van der Waals surface area contributed by atoms with E-state index in [2.05, 4.69) is 21.2 Å². The third-order valence-electron chi connectivity index (χ3n) is 4.97. The summed E-state index contributed by atoms with van der Waals surface area (Å²) in [5.41, 5.74) is 4.71. The second kappa shape index (κ2) is 9.24. The molecule has 0 saturated carbocycles. The Balaban J connectivity index is 1.99. The summed E-state index contributed by atoms with van der Waals surface area (Å²) >= 11 is 3.44. The molecular formula is C24H25BrN2O3S. The van der Waals surface area contributed by atoms with Gasteiger partial charge in [0.15, 0.2) is 0 Å². The molecular weight excluding hydrogens is 476 g/mol. The van der Waals surface area contributed by atoms with Crippen molar-refractivity contribution in [3.63, 3.8) is 0 Å². The average molecular weight is 501 g/mol. The lowest BCUT2D eigenvalue weighted by atomic mass is 10.1. The Morgan fingerprint density at radius 1 is 0.871 bits per heavy atom. The largest absolute Gasteiger partial charge is 0.325 e. The maximum Gasteiger partial charge on any atom is 0.264 e. The standard InChI is InChI=1S/C24H25BrN2O3S/c1-16-6-10-21(11-7-16)31(29,30)27(23-13-17(2)5-8-18(23)3)15-24(28)26-20-9-12-22(25)19(4)14-20/h5-14H,15H2,1-4H3,(H,26,28). The normalized spacial score (nSPS) is 11.3. The highest BCUT2D eigenvalue weighted by Crippen LogP contribution is 2.28. The first-order valence-electron chi connectivity index (χ1n) is 9.80. The van der Waals surface area contributed by atoms with Crippen molar-refractivity contribution in [2.24, 2.45) is 0 Å². The van der Waals surface area contributed by atoms with Gasteiger partial charge in [-0.1, -0.05) is 45.8 Å². The molecule has 3 aromatic carbocycles. The number of rotatable bonds is 6. The van der Waals surface area contributed by atoms with Crippen LogP contribution in [0.5, 0.6) is 0 Å². The van der Waals surface area contributed by atoms with E-state index in [9.17, 15) is 13.2 Å². The molecule has 0 aliphatic heterocycles. The number of nitrogens with zero attached hydrogens (tertiary/aromatic N) is 1. The molecule has 1 N–H and O–H groups in total.